The van der Waals surface area contributed by atoms with Crippen LogP contribution < -0.4 is 26.2 Å². The molecule has 5 fully saturated rings. The fourth-order valence-corrected chi connectivity index (χ4v) is 9.30. The number of anilines is 4. The molecule has 2 aromatic carbocycles. The van der Waals surface area contributed by atoms with Gasteiger partial charge in [0, 0.05) is 55.2 Å². The lowest BCUT2D eigenvalue weighted by Crippen LogP contribution is -2.51. The first-order valence-electron chi connectivity index (χ1n) is 19.5. The summed E-state index contributed by atoms with van der Waals surface area (Å²) < 4.78 is 5.47. The molecule has 3 aromatic rings. The van der Waals surface area contributed by atoms with Crippen molar-refractivity contribution in [3.63, 3.8) is 0 Å². The number of nitrogens with zero attached hydrogens (tertiary/aromatic N) is 6. The average Bonchev–Trinajstić information content (AvgIpc) is 3.90. The summed E-state index contributed by atoms with van der Waals surface area (Å²) in [4.78, 5) is 68.8. The van der Waals surface area contributed by atoms with Gasteiger partial charge in [0.1, 0.15) is 11.9 Å². The molecular formula is C41H47N9O5. The minimum absolute atomic E-state index is 0.121. The maximum atomic E-state index is 13.4. The van der Waals surface area contributed by atoms with Gasteiger partial charge in [-0.05, 0) is 99.3 Å². The van der Waals surface area contributed by atoms with Gasteiger partial charge in [-0.15, -0.1) is 0 Å². The van der Waals surface area contributed by atoms with Crippen molar-refractivity contribution in [1.82, 2.24) is 25.1 Å². The Bertz CT molecular complexity index is 2060. The Kier molecular flexibility index (Phi) is 9.04. The first kappa shape index (κ1) is 35.4. The van der Waals surface area contributed by atoms with Gasteiger partial charge in [-0.25, -0.2) is 9.97 Å². The molecule has 14 nitrogen and oxygen atoms in total. The molecule has 0 radical (unpaired) electrons. The van der Waals surface area contributed by atoms with Crippen LogP contribution in [-0.4, -0.2) is 108 Å². The highest BCUT2D eigenvalue weighted by molar-refractivity contribution is 6.23. The van der Waals surface area contributed by atoms with Crippen LogP contribution in [0.4, 0.5) is 23.0 Å². The van der Waals surface area contributed by atoms with Crippen molar-refractivity contribution in [2.24, 2.45) is 17.1 Å². The van der Waals surface area contributed by atoms with Crippen LogP contribution in [0, 0.1) is 11.3 Å². The molecule has 1 aromatic heterocycles. The quantitative estimate of drug-likeness (QED) is 0.274. The van der Waals surface area contributed by atoms with Crippen molar-refractivity contribution in [1.29, 1.82) is 0 Å². The number of carbonyl (C=O) groups excluding carboxylic acids is 4. The number of fused-ring (bicyclic) bond motifs is 1. The molecule has 14 heteroatoms. The number of aromatic nitrogens is 2. The third-order valence-electron chi connectivity index (χ3n) is 12.5. The zero-order valence-corrected chi connectivity index (χ0v) is 31.0. The predicted molar refractivity (Wildman–Crippen MR) is 206 cm³/mol. The van der Waals surface area contributed by atoms with E-state index in [2.05, 4.69) is 49.0 Å². The van der Waals surface area contributed by atoms with E-state index >= 15 is 0 Å². The van der Waals surface area contributed by atoms with Crippen molar-refractivity contribution < 1.29 is 23.9 Å². The van der Waals surface area contributed by atoms with E-state index in [1.165, 1.54) is 5.56 Å². The van der Waals surface area contributed by atoms with E-state index in [0.717, 1.165) is 107 Å². The molecule has 6 aliphatic rings. The van der Waals surface area contributed by atoms with Crippen molar-refractivity contribution in [2.75, 3.05) is 74.1 Å². The second-order valence-electron chi connectivity index (χ2n) is 16.2. The fourth-order valence-electron chi connectivity index (χ4n) is 9.30. The minimum atomic E-state index is -0.809. The fraction of sp³-hybridized carbons (Fsp3) is 0.463. The lowest BCUT2D eigenvalue weighted by molar-refractivity contribution is -0.125. The number of piperidine rings is 2. The highest BCUT2D eigenvalue weighted by Gasteiger charge is 2.46. The number of hydrogen-bond donors (Lipinski definition) is 3. The maximum absolute atomic E-state index is 13.4. The molecule has 1 unspecified atom stereocenters. The van der Waals surface area contributed by atoms with Crippen LogP contribution in [0.2, 0.25) is 0 Å². The zero-order chi connectivity index (χ0) is 37.8. The summed E-state index contributed by atoms with van der Waals surface area (Å²) in [7, 11) is 0. The van der Waals surface area contributed by atoms with Crippen molar-refractivity contribution in [3.05, 3.63) is 83.3 Å². The van der Waals surface area contributed by atoms with E-state index in [9.17, 15) is 19.2 Å². The second kappa shape index (κ2) is 14.1. The maximum Gasteiger partial charge on any atom is 0.271 e. The lowest BCUT2D eigenvalue weighted by Gasteiger charge is -2.37. The molecule has 2 atom stereocenters. The van der Waals surface area contributed by atoms with Gasteiger partial charge in [0.2, 0.25) is 5.91 Å². The number of benzene rings is 2. The number of likely N-dealkylation sites (tertiary alicyclic amines) is 1. The molecule has 6 aliphatic heterocycles. The number of rotatable bonds is 9. The first-order chi connectivity index (χ1) is 26.6. The summed E-state index contributed by atoms with van der Waals surface area (Å²) in [5.41, 5.74) is 10.4. The molecule has 1 spiro atoms. The number of nitrogens with one attached hydrogen (secondary N) is 2. The minimum Gasteiger partial charge on any atom is -0.380 e. The molecule has 4 N–H and O–H groups in total. The number of primary amides is 1. The molecule has 5 saturated heterocycles. The summed E-state index contributed by atoms with van der Waals surface area (Å²) >= 11 is 0. The molecule has 7 heterocycles. The lowest BCUT2D eigenvalue weighted by atomic mass is 9.85. The Balaban J connectivity index is 0.772. The van der Waals surface area contributed by atoms with Gasteiger partial charge in [-0.1, -0.05) is 18.7 Å². The SMILES string of the molecule is C=C1CCC(N2C(=O)c3ccc(N4CC[C@H](CN5CCC(c6ccc(Nc7nc(N8CCC9(COC9)C8)cnc7C(N)=O)cc6)CC5)C4)cc3C2=O)C(=O)N1. The normalized spacial score (nSPS) is 24.0. The van der Waals surface area contributed by atoms with Gasteiger partial charge < -0.3 is 35.8 Å². The van der Waals surface area contributed by atoms with E-state index in [0.29, 0.717) is 47.3 Å². The van der Waals surface area contributed by atoms with Crippen molar-refractivity contribution in [2.45, 2.75) is 50.5 Å². The number of nitrogens with two attached hydrogens (primary N) is 1. The molecular weight excluding hydrogens is 699 g/mol. The summed E-state index contributed by atoms with van der Waals surface area (Å²) in [6, 6.07) is 13.1. The number of carbonyl (C=O) groups is 4. The van der Waals surface area contributed by atoms with E-state index in [1.807, 2.05) is 24.3 Å². The van der Waals surface area contributed by atoms with Crippen LogP contribution in [0.5, 0.6) is 0 Å². The number of ether oxygens (including phenoxy) is 1. The Morgan fingerprint density at radius 2 is 1.75 bits per heavy atom. The molecule has 0 bridgehead atoms. The van der Waals surface area contributed by atoms with Crippen molar-refractivity contribution >= 4 is 46.6 Å². The summed E-state index contributed by atoms with van der Waals surface area (Å²) in [6.07, 6.45) is 6.84. The number of allylic oxidation sites excluding steroid dienone is 1. The van der Waals surface area contributed by atoms with Gasteiger partial charge >= 0.3 is 0 Å². The summed E-state index contributed by atoms with van der Waals surface area (Å²) in [5, 5.41) is 6.00. The topological polar surface area (TPSA) is 166 Å². The van der Waals surface area contributed by atoms with E-state index in [1.54, 1.807) is 12.3 Å². The average molecular weight is 746 g/mol. The van der Waals surface area contributed by atoms with Gasteiger partial charge in [0.15, 0.2) is 11.5 Å². The molecule has 0 aliphatic carbocycles. The molecule has 9 rings (SSSR count). The van der Waals surface area contributed by atoms with Gasteiger partial charge in [-0.2, -0.15) is 0 Å². The van der Waals surface area contributed by atoms with Gasteiger partial charge in [0.25, 0.3) is 17.7 Å². The van der Waals surface area contributed by atoms with Gasteiger partial charge in [-0.3, -0.25) is 24.1 Å². The third-order valence-corrected chi connectivity index (χ3v) is 12.5. The highest BCUT2D eigenvalue weighted by atomic mass is 16.5. The number of imide groups is 1. The third kappa shape index (κ3) is 6.71. The molecule has 0 saturated carbocycles. The van der Waals surface area contributed by atoms with E-state index in [4.69, 9.17) is 15.5 Å². The Morgan fingerprint density at radius 3 is 2.45 bits per heavy atom. The van der Waals surface area contributed by atoms with Crippen LogP contribution in [0.15, 0.2) is 60.9 Å². The van der Waals surface area contributed by atoms with Crippen LogP contribution in [0.3, 0.4) is 0 Å². The van der Waals surface area contributed by atoms with Crippen LogP contribution in [0.25, 0.3) is 0 Å². The zero-order valence-electron chi connectivity index (χ0n) is 31.0. The predicted octanol–water partition coefficient (Wildman–Crippen LogP) is 3.64. The van der Waals surface area contributed by atoms with E-state index < -0.39 is 23.8 Å². The van der Waals surface area contributed by atoms with Gasteiger partial charge in [0.05, 0.1) is 30.5 Å². The molecule has 4 amide bonds. The van der Waals surface area contributed by atoms with Crippen molar-refractivity contribution in [3.8, 4) is 0 Å². The summed E-state index contributed by atoms with van der Waals surface area (Å²) in [6.45, 7) is 12.0. The largest absolute Gasteiger partial charge is 0.380 e. The Hall–Kier alpha value is -5.34. The van der Waals surface area contributed by atoms with E-state index in [-0.39, 0.29) is 17.0 Å². The smallest absolute Gasteiger partial charge is 0.271 e. The number of amides is 4. The Labute approximate surface area is 320 Å². The Morgan fingerprint density at radius 1 is 0.964 bits per heavy atom. The second-order valence-corrected chi connectivity index (χ2v) is 16.2. The monoisotopic (exact) mass is 745 g/mol. The van der Waals surface area contributed by atoms with Crippen LogP contribution in [-0.2, 0) is 9.53 Å². The number of hydrogen-bond acceptors (Lipinski definition) is 11. The highest BCUT2D eigenvalue weighted by Crippen LogP contribution is 2.40. The molecule has 55 heavy (non-hydrogen) atoms. The standard InChI is InChI=1S/C41H47N9O5/c1-25-2-9-33(38(52)44-25)50-39(53)31-8-7-30(18-32(31)40(50)54)48-16-10-26(21-48)20-47-14-11-28(12-15-47)27-3-5-29(6-4-27)45-37-35(36(42)51)43-19-34(46-37)49-17-13-41(22-49)23-55-24-41/h3-8,18-19,26,28,33H,1-2,9-17,20-24H2,(H2,42,51)(H,44,52)(H,45,46)/t26-,33?/m1/s1. The first-order valence-corrected chi connectivity index (χ1v) is 19.5. The van der Waals surface area contributed by atoms with Crippen LogP contribution >= 0.6 is 0 Å². The van der Waals surface area contributed by atoms with Crippen LogP contribution in [0.1, 0.15) is 81.2 Å². The summed E-state index contributed by atoms with van der Waals surface area (Å²) in [5.74, 6) is 0.301. The molecule has 286 valence electrons.